The molecular formula is C19H15IN2O. The molecule has 3 rings (SSSR count). The molecule has 3 aromatic rings. The molecule has 0 fully saturated rings. The maximum atomic E-state index is 12.3. The smallest absolute Gasteiger partial charge is 0.228 e. The molecular weight excluding hydrogens is 399 g/mol. The Morgan fingerprint density at radius 2 is 1.65 bits per heavy atom. The fraction of sp³-hybridized carbons (Fsp3) is 0.0526. The standard InChI is InChI=1S/C19H15IN2O/c1-14(23)22(16-11-9-15(20)10-12-16)19-8-3-2-6-17(19)18-7-4-5-13-21-18/h2-13H,1H3. The van der Waals surface area contributed by atoms with Crippen LogP contribution in [-0.2, 0) is 4.79 Å². The number of benzene rings is 2. The largest absolute Gasteiger partial charge is 0.281 e. The molecule has 1 amide bonds. The number of pyridine rings is 1. The average molecular weight is 414 g/mol. The van der Waals surface area contributed by atoms with Gasteiger partial charge in [0.25, 0.3) is 0 Å². The van der Waals surface area contributed by atoms with Crippen molar-refractivity contribution < 1.29 is 4.79 Å². The summed E-state index contributed by atoms with van der Waals surface area (Å²) in [6.45, 7) is 1.58. The van der Waals surface area contributed by atoms with Crippen LogP contribution in [0, 0.1) is 3.57 Å². The van der Waals surface area contributed by atoms with Gasteiger partial charge < -0.3 is 0 Å². The van der Waals surface area contributed by atoms with Gasteiger partial charge in [0.15, 0.2) is 0 Å². The van der Waals surface area contributed by atoms with E-state index in [4.69, 9.17) is 0 Å². The molecule has 0 aliphatic heterocycles. The zero-order chi connectivity index (χ0) is 16.2. The van der Waals surface area contributed by atoms with Gasteiger partial charge in [0.1, 0.15) is 0 Å². The van der Waals surface area contributed by atoms with E-state index in [0.29, 0.717) is 0 Å². The van der Waals surface area contributed by atoms with Crippen LogP contribution < -0.4 is 4.90 Å². The SMILES string of the molecule is CC(=O)N(c1ccc(I)cc1)c1ccccc1-c1ccccn1. The highest BCUT2D eigenvalue weighted by Gasteiger charge is 2.18. The molecule has 0 radical (unpaired) electrons. The zero-order valence-electron chi connectivity index (χ0n) is 12.6. The van der Waals surface area contributed by atoms with Crippen molar-refractivity contribution >= 4 is 39.9 Å². The molecule has 0 saturated carbocycles. The minimum atomic E-state index is -0.0328. The predicted molar refractivity (Wildman–Crippen MR) is 102 cm³/mol. The molecule has 0 spiro atoms. The van der Waals surface area contributed by atoms with Gasteiger partial charge >= 0.3 is 0 Å². The molecule has 0 saturated heterocycles. The normalized spacial score (nSPS) is 10.3. The lowest BCUT2D eigenvalue weighted by Crippen LogP contribution is -2.23. The van der Waals surface area contributed by atoms with E-state index in [1.807, 2.05) is 66.7 Å². The summed E-state index contributed by atoms with van der Waals surface area (Å²) in [6, 6.07) is 21.5. The number of hydrogen-bond donors (Lipinski definition) is 0. The van der Waals surface area contributed by atoms with Crippen molar-refractivity contribution in [1.82, 2.24) is 4.98 Å². The number of anilines is 2. The van der Waals surface area contributed by atoms with E-state index in [2.05, 4.69) is 27.6 Å². The van der Waals surface area contributed by atoms with Crippen LogP contribution in [0.1, 0.15) is 6.92 Å². The van der Waals surface area contributed by atoms with Crippen LogP contribution in [0.25, 0.3) is 11.3 Å². The van der Waals surface area contributed by atoms with Gasteiger partial charge in [-0.1, -0.05) is 24.3 Å². The van der Waals surface area contributed by atoms with Gasteiger partial charge in [-0.3, -0.25) is 14.7 Å². The summed E-state index contributed by atoms with van der Waals surface area (Å²) < 4.78 is 1.13. The van der Waals surface area contributed by atoms with Crippen molar-refractivity contribution in [2.75, 3.05) is 4.90 Å². The number of nitrogens with zero attached hydrogens (tertiary/aromatic N) is 2. The number of rotatable bonds is 3. The van der Waals surface area contributed by atoms with Crippen molar-refractivity contribution in [1.29, 1.82) is 0 Å². The summed E-state index contributed by atoms with van der Waals surface area (Å²) >= 11 is 2.25. The van der Waals surface area contributed by atoms with E-state index >= 15 is 0 Å². The van der Waals surface area contributed by atoms with Gasteiger partial charge in [0.05, 0.1) is 11.4 Å². The van der Waals surface area contributed by atoms with Crippen LogP contribution in [0.15, 0.2) is 72.9 Å². The number of carbonyl (C=O) groups is 1. The number of hydrogen-bond acceptors (Lipinski definition) is 2. The maximum absolute atomic E-state index is 12.3. The number of para-hydroxylation sites is 1. The first-order valence-corrected chi connectivity index (χ1v) is 8.31. The van der Waals surface area contributed by atoms with Gasteiger partial charge in [-0.2, -0.15) is 0 Å². The Balaban J connectivity index is 2.15. The number of aromatic nitrogens is 1. The topological polar surface area (TPSA) is 33.2 Å². The van der Waals surface area contributed by atoms with E-state index in [9.17, 15) is 4.79 Å². The van der Waals surface area contributed by atoms with E-state index in [-0.39, 0.29) is 5.91 Å². The second-order valence-corrected chi connectivity index (χ2v) is 6.31. The Morgan fingerprint density at radius 3 is 2.30 bits per heavy atom. The van der Waals surface area contributed by atoms with Crippen molar-refractivity contribution in [2.45, 2.75) is 6.92 Å². The summed E-state index contributed by atoms with van der Waals surface area (Å²) in [6.07, 6.45) is 1.76. The third kappa shape index (κ3) is 3.42. The van der Waals surface area contributed by atoms with Gasteiger partial charge in [-0.25, -0.2) is 0 Å². The van der Waals surface area contributed by atoms with Gasteiger partial charge in [0, 0.05) is 27.9 Å². The van der Waals surface area contributed by atoms with Crippen LogP contribution in [0.2, 0.25) is 0 Å². The third-order valence-electron chi connectivity index (χ3n) is 3.49. The minimum absolute atomic E-state index is 0.0328. The van der Waals surface area contributed by atoms with E-state index in [1.165, 1.54) is 0 Å². The molecule has 3 nitrogen and oxygen atoms in total. The van der Waals surface area contributed by atoms with Gasteiger partial charge in [-0.15, -0.1) is 0 Å². The van der Waals surface area contributed by atoms with Crippen LogP contribution >= 0.6 is 22.6 Å². The summed E-state index contributed by atoms with van der Waals surface area (Å²) in [5, 5.41) is 0. The molecule has 114 valence electrons. The van der Waals surface area contributed by atoms with Crippen LogP contribution in [0.5, 0.6) is 0 Å². The lowest BCUT2D eigenvalue weighted by molar-refractivity contribution is -0.115. The minimum Gasteiger partial charge on any atom is -0.281 e. The Labute approximate surface area is 149 Å². The highest BCUT2D eigenvalue weighted by Crippen LogP contribution is 2.34. The fourth-order valence-corrected chi connectivity index (χ4v) is 2.85. The van der Waals surface area contributed by atoms with E-state index in [1.54, 1.807) is 18.0 Å². The highest BCUT2D eigenvalue weighted by molar-refractivity contribution is 14.1. The molecule has 2 aromatic carbocycles. The van der Waals surface area contributed by atoms with Gasteiger partial charge in [0.2, 0.25) is 5.91 Å². The van der Waals surface area contributed by atoms with Crippen molar-refractivity contribution in [3.05, 3.63) is 76.5 Å². The lowest BCUT2D eigenvalue weighted by Gasteiger charge is -2.24. The quantitative estimate of drug-likeness (QED) is 0.563. The van der Waals surface area contributed by atoms with Gasteiger partial charge in [-0.05, 0) is 65.1 Å². The highest BCUT2D eigenvalue weighted by atomic mass is 127. The lowest BCUT2D eigenvalue weighted by atomic mass is 10.1. The van der Waals surface area contributed by atoms with Crippen molar-refractivity contribution in [3.63, 3.8) is 0 Å². The summed E-state index contributed by atoms with van der Waals surface area (Å²) in [4.78, 5) is 18.5. The number of halogens is 1. The molecule has 23 heavy (non-hydrogen) atoms. The Bertz CT molecular complexity index is 816. The predicted octanol–water partition coefficient (Wildman–Crippen LogP) is 5.04. The van der Waals surface area contributed by atoms with Crippen molar-refractivity contribution in [3.8, 4) is 11.3 Å². The molecule has 0 bridgehead atoms. The molecule has 1 heterocycles. The Kier molecular flexibility index (Phi) is 4.71. The molecule has 0 aliphatic rings. The van der Waals surface area contributed by atoms with Crippen LogP contribution in [-0.4, -0.2) is 10.9 Å². The first kappa shape index (κ1) is 15.7. The number of carbonyl (C=O) groups excluding carboxylic acids is 1. The van der Waals surface area contributed by atoms with Crippen LogP contribution in [0.4, 0.5) is 11.4 Å². The second-order valence-electron chi connectivity index (χ2n) is 5.06. The summed E-state index contributed by atoms with van der Waals surface area (Å²) in [5.74, 6) is -0.0328. The third-order valence-corrected chi connectivity index (χ3v) is 4.20. The molecule has 0 unspecified atom stereocenters. The number of amides is 1. The first-order valence-electron chi connectivity index (χ1n) is 7.23. The monoisotopic (exact) mass is 414 g/mol. The molecule has 0 N–H and O–H groups in total. The Hall–Kier alpha value is -2.21. The second kappa shape index (κ2) is 6.91. The van der Waals surface area contributed by atoms with E-state index < -0.39 is 0 Å². The first-order chi connectivity index (χ1) is 11.2. The Morgan fingerprint density at radius 1 is 0.957 bits per heavy atom. The fourth-order valence-electron chi connectivity index (χ4n) is 2.49. The van der Waals surface area contributed by atoms with Crippen molar-refractivity contribution in [2.24, 2.45) is 0 Å². The van der Waals surface area contributed by atoms with Crippen LogP contribution in [0.3, 0.4) is 0 Å². The molecule has 1 aromatic heterocycles. The summed E-state index contributed by atoms with van der Waals surface area (Å²) in [5.41, 5.74) is 3.46. The molecule has 0 aliphatic carbocycles. The summed E-state index contributed by atoms with van der Waals surface area (Å²) in [7, 11) is 0. The maximum Gasteiger partial charge on any atom is 0.228 e. The van der Waals surface area contributed by atoms with E-state index in [0.717, 1.165) is 26.2 Å². The molecule has 0 atom stereocenters. The average Bonchev–Trinajstić information content (AvgIpc) is 2.58. The molecule has 4 heteroatoms. The zero-order valence-corrected chi connectivity index (χ0v) is 14.8.